The molecule has 2 aromatic carbocycles. The van der Waals surface area contributed by atoms with Crippen molar-refractivity contribution < 1.29 is 14.0 Å². The normalized spacial score (nSPS) is 12.8. The van der Waals surface area contributed by atoms with E-state index in [9.17, 15) is 14.0 Å². The number of rotatable bonds is 8. The number of carbonyl (C=O) groups excluding carboxylic acids is 2. The van der Waals surface area contributed by atoms with Gasteiger partial charge in [-0.25, -0.2) is 4.39 Å². The summed E-state index contributed by atoms with van der Waals surface area (Å²) < 4.78 is 15.2. The second-order valence-electron chi connectivity index (χ2n) is 7.99. The highest BCUT2D eigenvalue weighted by molar-refractivity contribution is 7.99. The van der Waals surface area contributed by atoms with Crippen molar-refractivity contribution in [3.8, 4) is 11.4 Å². The van der Waals surface area contributed by atoms with Crippen LogP contribution in [0.5, 0.6) is 0 Å². The molecule has 0 radical (unpaired) electrons. The molecule has 1 saturated carbocycles. The Hall–Kier alpha value is -4.05. The predicted molar refractivity (Wildman–Crippen MR) is 132 cm³/mol. The zero-order chi connectivity index (χ0) is 24.2. The van der Waals surface area contributed by atoms with Crippen LogP contribution in [-0.4, -0.2) is 37.3 Å². The van der Waals surface area contributed by atoms with Gasteiger partial charge in [0.05, 0.1) is 17.0 Å². The maximum absolute atomic E-state index is 13.1. The Morgan fingerprint density at radius 2 is 1.71 bits per heavy atom. The molecule has 0 atom stereocenters. The van der Waals surface area contributed by atoms with E-state index in [2.05, 4.69) is 30.4 Å². The molecular weight excluding hydrogens is 467 g/mol. The Labute approximate surface area is 205 Å². The van der Waals surface area contributed by atoms with E-state index in [-0.39, 0.29) is 11.7 Å². The molecule has 1 aliphatic carbocycles. The fourth-order valence-electron chi connectivity index (χ4n) is 3.57. The summed E-state index contributed by atoms with van der Waals surface area (Å²) in [5, 5.41) is 14.9. The zero-order valence-corrected chi connectivity index (χ0v) is 19.3. The molecule has 0 unspecified atom stereocenters. The second kappa shape index (κ2) is 10.1. The smallest absolute Gasteiger partial charge is 0.257 e. The van der Waals surface area contributed by atoms with Gasteiger partial charge in [-0.05, 0) is 61.4 Å². The van der Waals surface area contributed by atoms with E-state index < -0.39 is 11.7 Å². The van der Waals surface area contributed by atoms with E-state index in [4.69, 9.17) is 0 Å². The van der Waals surface area contributed by atoms with Crippen molar-refractivity contribution >= 4 is 35.0 Å². The number of para-hydroxylation sites is 1. The number of amides is 2. The number of nitrogens with one attached hydrogen (secondary N) is 2. The van der Waals surface area contributed by atoms with Gasteiger partial charge in [-0.2, -0.15) is 0 Å². The highest BCUT2D eigenvalue weighted by Crippen LogP contribution is 2.41. The van der Waals surface area contributed by atoms with Crippen molar-refractivity contribution in [1.82, 2.24) is 19.7 Å². The number of halogens is 1. The lowest BCUT2D eigenvalue weighted by Crippen LogP contribution is -2.19. The molecule has 5 rings (SSSR count). The fourth-order valence-corrected chi connectivity index (χ4v) is 4.38. The van der Waals surface area contributed by atoms with Gasteiger partial charge in [0.1, 0.15) is 5.82 Å². The van der Waals surface area contributed by atoms with E-state index in [1.165, 1.54) is 36.0 Å². The SMILES string of the molecule is O=C(CSc1nnc(-c2ccncc2)n1C1CC1)Nc1ccccc1C(=O)Nc1ccc(F)cc1. The standard InChI is InChI=1S/C25H21FN6O2S/c26-17-5-7-18(8-6-17)28-24(34)20-3-1-2-4-21(20)29-22(33)15-35-25-31-30-23(32(25)19-9-10-19)16-11-13-27-14-12-16/h1-8,11-14,19H,9-10,15H2,(H,28,34)(H,29,33). The van der Waals surface area contributed by atoms with Gasteiger partial charge in [-0.15, -0.1) is 10.2 Å². The minimum absolute atomic E-state index is 0.106. The molecule has 0 aliphatic heterocycles. The van der Waals surface area contributed by atoms with Crippen LogP contribution in [0.4, 0.5) is 15.8 Å². The number of aromatic nitrogens is 4. The molecule has 2 N–H and O–H groups in total. The van der Waals surface area contributed by atoms with Crippen LogP contribution in [0.3, 0.4) is 0 Å². The average molecular weight is 489 g/mol. The van der Waals surface area contributed by atoms with Crippen molar-refractivity contribution in [2.75, 3.05) is 16.4 Å². The Morgan fingerprint density at radius 1 is 0.971 bits per heavy atom. The average Bonchev–Trinajstić information content (AvgIpc) is 3.63. The maximum Gasteiger partial charge on any atom is 0.257 e. The van der Waals surface area contributed by atoms with Crippen molar-refractivity contribution in [3.05, 3.63) is 84.4 Å². The lowest BCUT2D eigenvalue weighted by molar-refractivity contribution is -0.113. The van der Waals surface area contributed by atoms with Crippen molar-refractivity contribution in [2.45, 2.75) is 24.0 Å². The third-order valence-electron chi connectivity index (χ3n) is 5.40. The number of thioether (sulfide) groups is 1. The first-order valence-corrected chi connectivity index (χ1v) is 12.0. The summed E-state index contributed by atoms with van der Waals surface area (Å²) in [5.41, 5.74) is 2.07. The van der Waals surface area contributed by atoms with Gasteiger partial charge in [0.15, 0.2) is 11.0 Å². The van der Waals surface area contributed by atoms with Gasteiger partial charge >= 0.3 is 0 Å². The topological polar surface area (TPSA) is 102 Å². The van der Waals surface area contributed by atoms with E-state index in [1.54, 1.807) is 36.7 Å². The van der Waals surface area contributed by atoms with E-state index >= 15 is 0 Å². The molecule has 4 aromatic rings. The van der Waals surface area contributed by atoms with Crippen LogP contribution in [0.1, 0.15) is 29.2 Å². The largest absolute Gasteiger partial charge is 0.325 e. The minimum Gasteiger partial charge on any atom is -0.325 e. The first-order valence-electron chi connectivity index (χ1n) is 11.0. The number of hydrogen-bond acceptors (Lipinski definition) is 6. The number of anilines is 2. The van der Waals surface area contributed by atoms with E-state index in [0.717, 1.165) is 24.2 Å². The number of pyridine rings is 1. The quantitative estimate of drug-likeness (QED) is 0.346. The Bertz CT molecular complexity index is 1360. The van der Waals surface area contributed by atoms with Crippen molar-refractivity contribution in [1.29, 1.82) is 0 Å². The Kier molecular flexibility index (Phi) is 6.53. The summed E-state index contributed by atoms with van der Waals surface area (Å²) >= 11 is 1.30. The summed E-state index contributed by atoms with van der Waals surface area (Å²) in [6.07, 6.45) is 5.52. The van der Waals surface area contributed by atoms with Crippen LogP contribution in [-0.2, 0) is 4.79 Å². The molecule has 0 bridgehead atoms. The molecule has 10 heteroatoms. The number of nitrogens with zero attached hydrogens (tertiary/aromatic N) is 4. The number of carbonyl (C=O) groups is 2. The summed E-state index contributed by atoms with van der Waals surface area (Å²) in [6.45, 7) is 0. The van der Waals surface area contributed by atoms with Crippen LogP contribution < -0.4 is 10.6 Å². The van der Waals surface area contributed by atoms with Gasteiger partial charge in [-0.1, -0.05) is 23.9 Å². The third kappa shape index (κ3) is 5.38. The summed E-state index contributed by atoms with van der Waals surface area (Å²) in [5.74, 6) is -0.197. The molecule has 176 valence electrons. The first-order chi connectivity index (χ1) is 17.1. The van der Waals surface area contributed by atoms with Crippen molar-refractivity contribution in [2.24, 2.45) is 0 Å². The molecule has 2 heterocycles. The lowest BCUT2D eigenvalue weighted by atomic mass is 10.1. The van der Waals surface area contributed by atoms with Crippen LogP contribution in [0.2, 0.25) is 0 Å². The van der Waals surface area contributed by atoms with Gasteiger partial charge < -0.3 is 10.6 Å². The zero-order valence-electron chi connectivity index (χ0n) is 18.5. The Morgan fingerprint density at radius 3 is 2.46 bits per heavy atom. The van der Waals surface area contributed by atoms with Gasteiger partial charge in [0.25, 0.3) is 5.91 Å². The van der Waals surface area contributed by atoms with Crippen LogP contribution in [0.25, 0.3) is 11.4 Å². The highest BCUT2D eigenvalue weighted by Gasteiger charge is 2.30. The maximum atomic E-state index is 13.1. The predicted octanol–water partition coefficient (Wildman–Crippen LogP) is 4.80. The van der Waals surface area contributed by atoms with Gasteiger partial charge in [0.2, 0.25) is 5.91 Å². The van der Waals surface area contributed by atoms with Gasteiger partial charge in [-0.3, -0.25) is 19.1 Å². The van der Waals surface area contributed by atoms with Crippen LogP contribution in [0, 0.1) is 5.82 Å². The van der Waals surface area contributed by atoms with Crippen LogP contribution in [0.15, 0.2) is 78.2 Å². The summed E-state index contributed by atoms with van der Waals surface area (Å²) in [7, 11) is 0. The van der Waals surface area contributed by atoms with Gasteiger partial charge in [0, 0.05) is 29.7 Å². The third-order valence-corrected chi connectivity index (χ3v) is 6.34. The van der Waals surface area contributed by atoms with Crippen molar-refractivity contribution in [3.63, 3.8) is 0 Å². The molecule has 35 heavy (non-hydrogen) atoms. The number of hydrogen-bond donors (Lipinski definition) is 2. The molecule has 8 nitrogen and oxygen atoms in total. The molecule has 1 fully saturated rings. The summed E-state index contributed by atoms with van der Waals surface area (Å²) in [4.78, 5) is 29.6. The lowest BCUT2D eigenvalue weighted by Gasteiger charge is -2.12. The fraction of sp³-hybridized carbons (Fsp3) is 0.160. The molecular formula is C25H21FN6O2S. The highest BCUT2D eigenvalue weighted by atomic mass is 32.2. The first kappa shape index (κ1) is 22.7. The molecule has 1 aliphatic rings. The second-order valence-corrected chi connectivity index (χ2v) is 8.93. The molecule has 2 aromatic heterocycles. The molecule has 0 spiro atoms. The molecule has 2 amide bonds. The monoisotopic (exact) mass is 488 g/mol. The number of benzene rings is 2. The summed E-state index contributed by atoms with van der Waals surface area (Å²) in [6, 6.07) is 16.3. The van der Waals surface area contributed by atoms with E-state index in [0.29, 0.717) is 28.1 Å². The minimum atomic E-state index is -0.407. The van der Waals surface area contributed by atoms with Crippen LogP contribution >= 0.6 is 11.8 Å². The Balaban J connectivity index is 1.26. The molecule has 0 saturated heterocycles. The van der Waals surface area contributed by atoms with E-state index in [1.807, 2.05) is 12.1 Å².